The van der Waals surface area contributed by atoms with Crippen molar-refractivity contribution in [2.24, 2.45) is 52.6 Å². The molecule has 12 atom stereocenters. The molecule has 8 rings (SSSR count). The fraction of sp³-hybridized carbons (Fsp3) is 0.604. The third kappa shape index (κ3) is 31.1. The number of rotatable bonds is 48. The lowest BCUT2D eigenvalue weighted by atomic mass is 9.73. The zero-order valence-electron chi connectivity index (χ0n) is 80.3. The van der Waals surface area contributed by atoms with Gasteiger partial charge < -0.3 is 123 Å². The van der Waals surface area contributed by atoms with Crippen LogP contribution in [0.4, 0.5) is 16.2 Å². The number of likely N-dealkylation sites (N-methyl/N-ethyl adjacent to an activating group) is 1. The highest BCUT2D eigenvalue weighted by atomic mass is 16.7. The first-order valence-corrected chi connectivity index (χ1v) is 45.7. The minimum atomic E-state index is -2.14. The number of ether oxygens (including phenoxy) is 13. The van der Waals surface area contributed by atoms with Crippen molar-refractivity contribution in [3.8, 4) is 34.5 Å². The van der Waals surface area contributed by atoms with Gasteiger partial charge >= 0.3 is 17.8 Å². The number of nitrogens with two attached hydrogens (primary N) is 1. The van der Waals surface area contributed by atoms with Crippen molar-refractivity contribution in [2.45, 2.75) is 172 Å². The van der Waals surface area contributed by atoms with Gasteiger partial charge in [0.25, 0.3) is 11.7 Å². The maximum Gasteiger partial charge on any atom is 0.312 e. The molecule has 9 amide bonds. The topological polar surface area (TPSA) is 496 Å². The van der Waals surface area contributed by atoms with Crippen LogP contribution >= 0.6 is 0 Å². The number of amides is 9. The maximum absolute atomic E-state index is 15.2. The van der Waals surface area contributed by atoms with Gasteiger partial charge in [-0.15, -0.1) is 0 Å². The van der Waals surface area contributed by atoms with Crippen molar-refractivity contribution in [1.29, 1.82) is 0 Å². The summed E-state index contributed by atoms with van der Waals surface area (Å²) >= 11 is 0. The molecule has 1 unspecified atom stereocenters. The molecule has 134 heavy (non-hydrogen) atoms. The number of hydrogen-bond acceptors (Lipinski definition) is 29. The second-order valence-electron chi connectivity index (χ2n) is 36.3. The molecule has 11 N–H and O–H groups in total. The van der Waals surface area contributed by atoms with Gasteiger partial charge in [0, 0.05) is 112 Å². The highest BCUT2D eigenvalue weighted by molar-refractivity contribution is 6.22. The number of urea groups is 1. The smallest absolute Gasteiger partial charge is 0.312 e. The fourth-order valence-electron chi connectivity index (χ4n) is 15.9. The number of nitrogens with zero attached hydrogens (tertiary/aromatic N) is 3. The Labute approximate surface area is 782 Å². The van der Waals surface area contributed by atoms with Gasteiger partial charge in [-0.05, 0) is 74.0 Å². The number of quaternary nitrogens is 1. The Morgan fingerprint density at radius 2 is 1.32 bits per heavy atom. The van der Waals surface area contributed by atoms with Gasteiger partial charge in [0.15, 0.2) is 11.3 Å². The van der Waals surface area contributed by atoms with Crippen LogP contribution in [0.25, 0.3) is 33.3 Å². The quantitative estimate of drug-likeness (QED) is 0.00439. The Bertz CT molecular complexity index is 4950. The van der Waals surface area contributed by atoms with Gasteiger partial charge in [-0.25, -0.2) is 9.78 Å². The number of Topliss-reactive ketones (excluding diaryl/α,β-unsaturated/α-hetero) is 1. The molecule has 4 heterocycles. The van der Waals surface area contributed by atoms with E-state index in [9.17, 15) is 58.5 Å². The molecule has 4 bridgehead atoms. The van der Waals surface area contributed by atoms with Crippen LogP contribution in [0.1, 0.15) is 144 Å². The number of aliphatic hydroxyl groups is 1. The SMILES string of the molecule is CO[C@H]1/C=C/O[C@@]2(C)Oc3c(C)c(O)c4c(=O)c(c5oc6cc(OCC[N+](C)(C)Cc7ccc(NC(=O)[C@H](CCCNC(N)=O)NC(=O)[C@@H](NC(=O)CCOCCOCCOCCOCCOCCOCCOCCOCCNC(=O)CCN8C(=O)CC(C(C)(C)C)C8=O)C(C)C)cc7)cc(O)c6nc-5c4c3C2=O)NC(=O)/C(C)=C\C=C\[C@H](C)[C@H](O)[C@@H](C)[C@@H](C)[C@@H](C)[C@H](OC(C)=O)[C@@H]1C. The lowest BCUT2D eigenvalue weighted by molar-refractivity contribution is -0.903. The lowest BCUT2D eigenvalue weighted by Crippen LogP contribution is -2.54. The molecule has 1 saturated heterocycles. The first kappa shape index (κ1) is 109. The molecule has 38 heteroatoms. The number of primary amides is 1. The number of anilines is 2. The van der Waals surface area contributed by atoms with E-state index in [4.69, 9.17) is 76.7 Å². The van der Waals surface area contributed by atoms with E-state index >= 15 is 9.59 Å². The second kappa shape index (κ2) is 51.8. The largest absolute Gasteiger partial charge is 0.507 e. The summed E-state index contributed by atoms with van der Waals surface area (Å²) in [6.45, 7) is 30.9. The standard InChI is InChI=1S/C96H138N10O28/c1-56(2)79(102-74(110)29-34-122-38-40-124-42-44-126-46-48-128-50-51-129-49-47-127-45-43-125-41-39-123-36-31-98-73(109)27-32-105-75(111)54-68(93(105)119)95(11,12)13)92(118)101-69(22-19-30-99-94(97)120)91(117)100-66-25-23-65(24-26-66)55-106(15,16)33-37-130-67-52-70(108)80-72(53-67)133-88-81(103-80)76-77-84(113)63(9)87-78(76)89(115)96(14,134-87)131-35-28-71(121-17)62(8)86(132-64(10)107)61(7)59(5)60(6)83(112)57(3)20-18-21-58(4)90(116)104-82(88)85(77)114/h18,20-21,23-26,28,35,52-53,56-57,59-62,68-69,71,79,83,86,112H,19,22,27,29-34,36-51,54-55H2,1-17H3,(H9-,97,98,99,100,101,102,103,104,108,109,110,113,114,115,116,117,118,120)/p+1/b20-18+,35-28+,58-21-/t57-,59+,60-,61+,62+,68?,69-,71-,79-,83-,86-,96-/m0/s1. The number of imide groups is 1. The Morgan fingerprint density at radius 3 is 1.89 bits per heavy atom. The Morgan fingerprint density at radius 1 is 0.724 bits per heavy atom. The number of fused-ring (bicyclic) bond motifs is 2. The predicted molar refractivity (Wildman–Crippen MR) is 496 cm³/mol. The summed E-state index contributed by atoms with van der Waals surface area (Å²) in [6, 6.07) is 6.97. The summed E-state index contributed by atoms with van der Waals surface area (Å²) in [5, 5.41) is 51.4. The summed E-state index contributed by atoms with van der Waals surface area (Å²) in [4.78, 5) is 153. The van der Waals surface area contributed by atoms with Crippen LogP contribution in [-0.2, 0) is 97.0 Å². The van der Waals surface area contributed by atoms with Crippen LogP contribution in [0.5, 0.6) is 23.0 Å². The summed E-state index contributed by atoms with van der Waals surface area (Å²) < 4.78 is 82.0. The molecule has 3 aromatic carbocycles. The minimum absolute atomic E-state index is 0.0183. The molecule has 5 aliphatic rings. The third-order valence-electron chi connectivity index (χ3n) is 24.1. The number of phenolic OH excluding ortho intramolecular Hbond substituents is 2. The number of esters is 1. The first-order valence-electron chi connectivity index (χ1n) is 45.7. The van der Waals surface area contributed by atoms with E-state index in [1.54, 1.807) is 44.2 Å². The van der Waals surface area contributed by atoms with E-state index in [2.05, 4.69) is 31.9 Å². The minimum Gasteiger partial charge on any atom is -0.507 e. The van der Waals surface area contributed by atoms with E-state index < -0.39 is 123 Å². The molecule has 3 aromatic rings. The molecular weight excluding hydrogens is 1740 g/mol. The van der Waals surface area contributed by atoms with Crippen molar-refractivity contribution < 1.29 is 134 Å². The van der Waals surface area contributed by atoms with E-state index in [0.29, 0.717) is 116 Å². The number of phenols is 2. The number of carbonyl (C=O) groups excluding carboxylic acids is 10. The van der Waals surface area contributed by atoms with Crippen LogP contribution in [0, 0.1) is 53.8 Å². The molecule has 0 aromatic heterocycles. The lowest BCUT2D eigenvalue weighted by Gasteiger charge is -2.39. The Hall–Kier alpha value is -10.8. The zero-order valence-corrected chi connectivity index (χ0v) is 80.3. The zero-order chi connectivity index (χ0) is 98.3. The van der Waals surface area contributed by atoms with Crippen LogP contribution < -0.4 is 52.5 Å². The van der Waals surface area contributed by atoms with Gasteiger partial charge in [0.1, 0.15) is 77.8 Å². The van der Waals surface area contributed by atoms with Gasteiger partial charge in [0.05, 0.1) is 155 Å². The van der Waals surface area contributed by atoms with Crippen molar-refractivity contribution in [3.63, 3.8) is 0 Å². The van der Waals surface area contributed by atoms with Crippen LogP contribution in [0.15, 0.2) is 81.7 Å². The van der Waals surface area contributed by atoms with Crippen LogP contribution in [-0.4, -0.2) is 285 Å². The van der Waals surface area contributed by atoms with Crippen LogP contribution in [0.2, 0.25) is 0 Å². The van der Waals surface area contributed by atoms with Gasteiger partial charge in [0.2, 0.25) is 40.9 Å². The molecule has 0 spiro atoms. The number of aromatic nitrogens is 1. The highest BCUT2D eigenvalue weighted by Crippen LogP contribution is 2.51. The number of carbonyl (C=O) groups is 10. The number of nitrogens with one attached hydrogen (secondary N) is 6. The Balaban J connectivity index is 0.769. The number of ketones is 1. The average molecular weight is 1880 g/mol. The van der Waals surface area contributed by atoms with E-state index in [-0.39, 0.29) is 175 Å². The number of benzene rings is 4. The highest BCUT2D eigenvalue weighted by Gasteiger charge is 2.51. The molecule has 0 radical (unpaired) electrons. The molecule has 0 saturated carbocycles. The predicted octanol–water partition coefficient (Wildman–Crippen LogP) is 8.05. The van der Waals surface area contributed by atoms with Crippen LogP contribution in [0.3, 0.4) is 0 Å². The van der Waals surface area contributed by atoms with Gasteiger partial charge in [-0.2, -0.15) is 0 Å². The normalized spacial score (nSPS) is 21.6. The van der Waals surface area contributed by atoms with E-state index in [1.807, 2.05) is 81.6 Å². The van der Waals surface area contributed by atoms with Gasteiger partial charge in [-0.3, -0.25) is 52.8 Å². The van der Waals surface area contributed by atoms with E-state index in [0.717, 1.165) is 5.56 Å². The van der Waals surface area contributed by atoms with E-state index in [1.165, 1.54) is 64.2 Å². The van der Waals surface area contributed by atoms with Crippen molar-refractivity contribution >= 4 is 92.4 Å². The second-order valence-corrected chi connectivity index (χ2v) is 36.3. The third-order valence-corrected chi connectivity index (χ3v) is 24.1. The Kier molecular flexibility index (Phi) is 42.0. The number of aliphatic hydroxyl groups excluding tert-OH is 1. The summed E-state index contributed by atoms with van der Waals surface area (Å²) in [5.41, 5.74) is 4.25. The van der Waals surface area contributed by atoms with Crippen molar-refractivity contribution in [2.75, 3.05) is 170 Å². The maximum atomic E-state index is 15.2. The molecule has 1 fully saturated rings. The summed E-state index contributed by atoms with van der Waals surface area (Å²) in [5.74, 6) is -10.5. The monoisotopic (exact) mass is 1880 g/mol. The van der Waals surface area contributed by atoms with Crippen molar-refractivity contribution in [1.82, 2.24) is 31.2 Å². The molecular formula is C96H139N10O28+. The number of methoxy groups -OCH3 is 1. The summed E-state index contributed by atoms with van der Waals surface area (Å²) in [6.07, 6.45) is 5.74. The number of aromatic hydroxyl groups is 2. The summed E-state index contributed by atoms with van der Waals surface area (Å²) in [7, 11) is 5.41. The molecule has 4 aliphatic heterocycles. The number of likely N-dealkylation sites (tertiary alicyclic amines) is 1. The average Bonchev–Trinajstić information content (AvgIpc) is 1.45. The fourth-order valence-corrected chi connectivity index (χ4v) is 15.9. The first-order chi connectivity index (χ1) is 63.6. The number of hydrogen-bond donors (Lipinski definition) is 10. The van der Waals surface area contributed by atoms with Crippen molar-refractivity contribution in [3.05, 3.63) is 99.5 Å². The van der Waals surface area contributed by atoms with Gasteiger partial charge in [-0.1, -0.05) is 99.6 Å². The molecule has 1 aliphatic carbocycles. The molecule has 38 nitrogen and oxygen atoms in total. The number of allylic oxidation sites excluding steroid dienone is 2. The molecule has 740 valence electrons.